The van der Waals surface area contributed by atoms with Crippen LogP contribution in [0, 0.1) is 5.41 Å². The number of carbonyl (C=O) groups excluding carboxylic acids is 2. The minimum atomic E-state index is -1.12. The maximum absolute atomic E-state index is 12.0. The topological polar surface area (TPSA) is 59.8 Å². The van der Waals surface area contributed by atoms with Gasteiger partial charge in [-0.1, -0.05) is 0 Å². The predicted octanol–water partition coefficient (Wildman–Crippen LogP) is 1.48. The first-order chi connectivity index (χ1) is 8.37. The Bertz CT molecular complexity index is 409. The molecular weight excluding hydrogens is 234 g/mol. The summed E-state index contributed by atoms with van der Waals surface area (Å²) < 4.78 is 9.82. The minimum absolute atomic E-state index is 0.169. The van der Waals surface area contributed by atoms with E-state index in [2.05, 4.69) is 4.74 Å². The normalized spacial score (nSPS) is 11.6. The summed E-state index contributed by atoms with van der Waals surface area (Å²) in [5.74, 6) is 0.0866. The van der Waals surface area contributed by atoms with Gasteiger partial charge in [0.05, 0.1) is 26.5 Å². The van der Waals surface area contributed by atoms with Crippen molar-refractivity contribution >= 4 is 11.8 Å². The molecule has 0 aromatic carbocycles. The van der Waals surface area contributed by atoms with E-state index >= 15 is 0 Å². The van der Waals surface area contributed by atoms with Gasteiger partial charge in [0.15, 0.2) is 5.78 Å². The second-order valence-electron chi connectivity index (χ2n) is 4.79. The van der Waals surface area contributed by atoms with Gasteiger partial charge in [-0.25, -0.2) is 0 Å². The number of carbonyl (C=O) groups is 2. The van der Waals surface area contributed by atoms with Gasteiger partial charge in [0.1, 0.15) is 11.2 Å². The van der Waals surface area contributed by atoms with Gasteiger partial charge >= 0.3 is 5.97 Å². The van der Waals surface area contributed by atoms with Crippen LogP contribution in [-0.2, 0) is 20.9 Å². The summed E-state index contributed by atoms with van der Waals surface area (Å²) in [6.45, 7) is 3.84. The number of ketones is 1. The summed E-state index contributed by atoms with van der Waals surface area (Å²) in [5, 5.41) is 0. The number of hydrogen-bond donors (Lipinski definition) is 0. The monoisotopic (exact) mass is 253 g/mol. The van der Waals surface area contributed by atoms with Gasteiger partial charge in [-0.2, -0.15) is 0 Å². The van der Waals surface area contributed by atoms with Gasteiger partial charge in [0.25, 0.3) is 0 Å². The number of Topliss-reactive ketones (excluding diaryl/α,β-unsaturated/α-hetero) is 1. The van der Waals surface area contributed by atoms with Gasteiger partial charge in [-0.15, -0.1) is 0 Å². The molecule has 0 fully saturated rings. The predicted molar refractivity (Wildman–Crippen MR) is 65.8 cm³/mol. The largest absolute Gasteiger partial charge is 0.468 e. The molecule has 0 amide bonds. The number of methoxy groups -OCH3 is 1. The van der Waals surface area contributed by atoms with Gasteiger partial charge in [0, 0.05) is 0 Å². The molecule has 0 radical (unpaired) electrons. The summed E-state index contributed by atoms with van der Waals surface area (Å²) in [7, 11) is 3.08. The Morgan fingerprint density at radius 2 is 2.11 bits per heavy atom. The van der Waals surface area contributed by atoms with Gasteiger partial charge in [-0.05, 0) is 33.0 Å². The molecule has 1 rings (SSSR count). The van der Waals surface area contributed by atoms with E-state index in [-0.39, 0.29) is 12.3 Å². The fraction of sp³-hybridized carbons (Fsp3) is 0.538. The highest BCUT2D eigenvalue weighted by Crippen LogP contribution is 2.19. The first kappa shape index (κ1) is 14.4. The molecule has 1 aromatic rings. The fourth-order valence-electron chi connectivity index (χ4n) is 1.54. The zero-order chi connectivity index (χ0) is 13.8. The average Bonchev–Trinajstić information content (AvgIpc) is 2.80. The van der Waals surface area contributed by atoms with Crippen molar-refractivity contribution in [3.05, 3.63) is 24.2 Å². The van der Waals surface area contributed by atoms with E-state index in [0.29, 0.717) is 6.54 Å². The molecule has 0 atom stereocenters. The van der Waals surface area contributed by atoms with Crippen LogP contribution in [0.4, 0.5) is 0 Å². The quantitative estimate of drug-likeness (QED) is 0.567. The van der Waals surface area contributed by atoms with Crippen LogP contribution in [0.3, 0.4) is 0 Å². The van der Waals surface area contributed by atoms with Crippen LogP contribution >= 0.6 is 0 Å². The lowest BCUT2D eigenvalue weighted by Crippen LogP contribution is -2.40. The average molecular weight is 253 g/mol. The Kier molecular flexibility index (Phi) is 4.67. The molecule has 0 unspecified atom stereocenters. The SMILES string of the molecule is COC(=O)C(C)(C)C(=O)CN(C)Cc1ccco1. The molecule has 0 N–H and O–H groups in total. The third-order valence-corrected chi connectivity index (χ3v) is 2.81. The van der Waals surface area contributed by atoms with Crippen molar-refractivity contribution in [3.8, 4) is 0 Å². The van der Waals surface area contributed by atoms with Crippen LogP contribution in [0.15, 0.2) is 22.8 Å². The highest BCUT2D eigenvalue weighted by molar-refractivity contribution is 6.03. The summed E-state index contributed by atoms with van der Waals surface area (Å²) in [6.07, 6.45) is 1.59. The first-order valence-electron chi connectivity index (χ1n) is 5.70. The molecule has 1 heterocycles. The molecule has 0 bridgehead atoms. The van der Waals surface area contributed by atoms with Gasteiger partial charge in [-0.3, -0.25) is 14.5 Å². The zero-order valence-corrected chi connectivity index (χ0v) is 11.2. The van der Waals surface area contributed by atoms with Crippen molar-refractivity contribution in [2.24, 2.45) is 5.41 Å². The van der Waals surface area contributed by atoms with E-state index in [1.54, 1.807) is 38.1 Å². The lowest BCUT2D eigenvalue weighted by molar-refractivity contribution is -0.156. The van der Waals surface area contributed by atoms with E-state index < -0.39 is 11.4 Å². The number of rotatable bonds is 6. The van der Waals surface area contributed by atoms with Crippen LogP contribution in [0.2, 0.25) is 0 Å². The Labute approximate surface area is 107 Å². The number of likely N-dealkylation sites (N-methyl/N-ethyl adjacent to an activating group) is 1. The lowest BCUT2D eigenvalue weighted by atomic mass is 9.88. The lowest BCUT2D eigenvalue weighted by Gasteiger charge is -2.23. The van der Waals surface area contributed by atoms with Crippen LogP contribution in [0.25, 0.3) is 0 Å². The number of esters is 1. The van der Waals surface area contributed by atoms with Crippen LogP contribution in [0.1, 0.15) is 19.6 Å². The highest BCUT2D eigenvalue weighted by Gasteiger charge is 2.37. The van der Waals surface area contributed by atoms with E-state index in [4.69, 9.17) is 4.42 Å². The fourth-order valence-corrected chi connectivity index (χ4v) is 1.54. The molecule has 1 aromatic heterocycles. The summed E-state index contributed by atoms with van der Waals surface area (Å²) in [6, 6.07) is 3.63. The summed E-state index contributed by atoms with van der Waals surface area (Å²) in [5.41, 5.74) is -1.12. The van der Waals surface area contributed by atoms with Crippen LogP contribution in [-0.4, -0.2) is 37.4 Å². The molecule has 0 aliphatic rings. The molecule has 100 valence electrons. The summed E-state index contributed by atoms with van der Waals surface area (Å²) in [4.78, 5) is 25.3. The molecule has 5 nitrogen and oxygen atoms in total. The Morgan fingerprint density at radius 3 is 2.61 bits per heavy atom. The number of nitrogens with zero attached hydrogens (tertiary/aromatic N) is 1. The van der Waals surface area contributed by atoms with E-state index in [9.17, 15) is 9.59 Å². The Morgan fingerprint density at radius 1 is 1.44 bits per heavy atom. The third-order valence-electron chi connectivity index (χ3n) is 2.81. The number of hydrogen-bond acceptors (Lipinski definition) is 5. The molecular formula is C13H19NO4. The standard InChI is InChI=1S/C13H19NO4/c1-13(2,12(16)17-4)11(15)9-14(3)8-10-6-5-7-18-10/h5-7H,8-9H2,1-4H3. The van der Waals surface area contributed by atoms with Crippen LogP contribution in [0.5, 0.6) is 0 Å². The Hall–Kier alpha value is -1.62. The number of ether oxygens (including phenoxy) is 1. The molecule has 0 aliphatic carbocycles. The van der Waals surface area contributed by atoms with Crippen molar-refractivity contribution in [1.82, 2.24) is 4.90 Å². The third kappa shape index (κ3) is 3.43. The highest BCUT2D eigenvalue weighted by atomic mass is 16.5. The first-order valence-corrected chi connectivity index (χ1v) is 5.70. The van der Waals surface area contributed by atoms with Crippen molar-refractivity contribution in [2.45, 2.75) is 20.4 Å². The van der Waals surface area contributed by atoms with Crippen molar-refractivity contribution in [1.29, 1.82) is 0 Å². The van der Waals surface area contributed by atoms with E-state index in [0.717, 1.165) is 5.76 Å². The molecule has 5 heteroatoms. The van der Waals surface area contributed by atoms with Crippen molar-refractivity contribution in [3.63, 3.8) is 0 Å². The van der Waals surface area contributed by atoms with E-state index in [1.807, 2.05) is 6.07 Å². The van der Waals surface area contributed by atoms with Gasteiger partial charge < -0.3 is 9.15 Å². The maximum atomic E-state index is 12.0. The minimum Gasteiger partial charge on any atom is -0.468 e. The van der Waals surface area contributed by atoms with Crippen molar-refractivity contribution < 1.29 is 18.7 Å². The Balaban J connectivity index is 2.56. The molecule has 0 saturated heterocycles. The van der Waals surface area contributed by atoms with Gasteiger partial charge in [0.2, 0.25) is 0 Å². The second kappa shape index (κ2) is 5.82. The maximum Gasteiger partial charge on any atom is 0.318 e. The molecule has 0 saturated carbocycles. The molecule has 18 heavy (non-hydrogen) atoms. The van der Waals surface area contributed by atoms with Crippen molar-refractivity contribution in [2.75, 3.05) is 20.7 Å². The van der Waals surface area contributed by atoms with E-state index in [1.165, 1.54) is 7.11 Å². The summed E-state index contributed by atoms with van der Waals surface area (Å²) >= 11 is 0. The second-order valence-corrected chi connectivity index (χ2v) is 4.79. The molecule has 0 spiro atoms. The number of furan rings is 1. The molecule has 0 aliphatic heterocycles. The zero-order valence-electron chi connectivity index (χ0n) is 11.2. The smallest absolute Gasteiger partial charge is 0.318 e. The van der Waals surface area contributed by atoms with Crippen LogP contribution < -0.4 is 0 Å².